The van der Waals surface area contributed by atoms with E-state index in [-0.39, 0.29) is 11.1 Å². The van der Waals surface area contributed by atoms with Gasteiger partial charge in [-0.15, -0.1) is 0 Å². The lowest BCUT2D eigenvalue weighted by atomic mass is 10.0. The Labute approximate surface area is 155 Å². The Kier molecular flexibility index (Phi) is 5.20. The molecule has 3 rings (SSSR count). The highest BCUT2D eigenvalue weighted by atomic mass is 16.5. The summed E-state index contributed by atoms with van der Waals surface area (Å²) in [5.74, 6) is 4.57. The lowest BCUT2D eigenvalue weighted by Crippen LogP contribution is -2.08. The van der Waals surface area contributed by atoms with Crippen molar-refractivity contribution in [3.05, 3.63) is 95.1 Å². The van der Waals surface area contributed by atoms with Crippen molar-refractivity contribution in [3.8, 4) is 23.3 Å². The van der Waals surface area contributed by atoms with Crippen LogP contribution in [0.3, 0.4) is 0 Å². The molecule has 0 radical (unpaired) electrons. The maximum Gasteiger partial charge on any atom is 0.336 e. The first-order valence-electron chi connectivity index (χ1n) is 7.98. The first kappa shape index (κ1) is 17.8. The zero-order valence-corrected chi connectivity index (χ0v) is 14.0. The number of hydrogen-bond acceptors (Lipinski definition) is 3. The van der Waals surface area contributed by atoms with Crippen molar-refractivity contribution in [2.45, 2.75) is 0 Å². The van der Waals surface area contributed by atoms with E-state index in [0.717, 1.165) is 11.3 Å². The molecule has 0 amide bonds. The van der Waals surface area contributed by atoms with Crippen molar-refractivity contribution in [1.82, 2.24) is 0 Å². The number of carboxylic acid groups (broad SMARTS) is 2. The third-order valence-electron chi connectivity index (χ3n) is 3.66. The third kappa shape index (κ3) is 4.53. The molecule has 0 aliphatic rings. The molecule has 5 heteroatoms. The maximum atomic E-state index is 11.2. The predicted octanol–water partition coefficient (Wildman–Crippen LogP) is 4.28. The first-order chi connectivity index (χ1) is 13.0. The Morgan fingerprint density at radius 3 is 1.85 bits per heavy atom. The summed E-state index contributed by atoms with van der Waals surface area (Å²) in [7, 11) is 0. The quantitative estimate of drug-likeness (QED) is 0.680. The highest BCUT2D eigenvalue weighted by molar-refractivity contribution is 6.01. The molecule has 0 heterocycles. The molecule has 132 valence electrons. The van der Waals surface area contributed by atoms with Crippen molar-refractivity contribution in [2.24, 2.45) is 0 Å². The minimum Gasteiger partial charge on any atom is -0.478 e. The zero-order chi connectivity index (χ0) is 19.2. The van der Waals surface area contributed by atoms with E-state index in [1.165, 1.54) is 18.2 Å². The van der Waals surface area contributed by atoms with Gasteiger partial charge in [-0.3, -0.25) is 0 Å². The second-order valence-electron chi connectivity index (χ2n) is 5.56. The lowest BCUT2D eigenvalue weighted by Gasteiger charge is -2.04. The number of hydrogen-bond donors (Lipinski definition) is 2. The van der Waals surface area contributed by atoms with Gasteiger partial charge in [0, 0.05) is 11.1 Å². The number of rotatable bonds is 4. The van der Waals surface area contributed by atoms with Crippen LogP contribution >= 0.6 is 0 Å². The van der Waals surface area contributed by atoms with Gasteiger partial charge >= 0.3 is 11.9 Å². The van der Waals surface area contributed by atoms with Gasteiger partial charge in [0.25, 0.3) is 0 Å². The number of carbonyl (C=O) groups is 2. The fraction of sp³-hybridized carbons (Fsp3) is 0. The van der Waals surface area contributed by atoms with Gasteiger partial charge in [0.15, 0.2) is 0 Å². The SMILES string of the molecule is O=C(O)c1ccc(C#Cc2ccc(Oc3ccccc3)cc2)cc1C(=O)O. The van der Waals surface area contributed by atoms with Crippen LogP contribution in [0.2, 0.25) is 0 Å². The van der Waals surface area contributed by atoms with Gasteiger partial charge in [-0.25, -0.2) is 9.59 Å². The topological polar surface area (TPSA) is 83.8 Å². The summed E-state index contributed by atoms with van der Waals surface area (Å²) in [5.41, 5.74) is 0.577. The van der Waals surface area contributed by atoms with E-state index in [4.69, 9.17) is 14.9 Å². The van der Waals surface area contributed by atoms with Crippen molar-refractivity contribution >= 4 is 11.9 Å². The summed E-state index contributed by atoms with van der Waals surface area (Å²) < 4.78 is 5.70. The number of carboxylic acids is 2. The monoisotopic (exact) mass is 358 g/mol. The molecular formula is C22H14O5. The Morgan fingerprint density at radius 2 is 1.22 bits per heavy atom. The normalized spacial score (nSPS) is 9.78. The summed E-state index contributed by atoms with van der Waals surface area (Å²) in [4.78, 5) is 22.3. The van der Waals surface area contributed by atoms with E-state index >= 15 is 0 Å². The number of ether oxygens (including phenoxy) is 1. The molecule has 0 saturated carbocycles. The van der Waals surface area contributed by atoms with Crippen LogP contribution in [0, 0.1) is 11.8 Å². The summed E-state index contributed by atoms with van der Waals surface area (Å²) in [6.07, 6.45) is 0. The van der Waals surface area contributed by atoms with Crippen LogP contribution in [-0.2, 0) is 0 Å². The highest BCUT2D eigenvalue weighted by Crippen LogP contribution is 2.21. The van der Waals surface area contributed by atoms with Crippen LogP contribution in [0.25, 0.3) is 0 Å². The summed E-state index contributed by atoms with van der Waals surface area (Å²) in [6, 6.07) is 20.5. The first-order valence-corrected chi connectivity index (χ1v) is 7.98. The van der Waals surface area contributed by atoms with E-state index < -0.39 is 11.9 Å². The second-order valence-corrected chi connectivity index (χ2v) is 5.56. The number of benzene rings is 3. The standard InChI is InChI=1S/C22H14O5/c23-21(24)19-13-10-16(14-20(19)22(25)26)7-6-15-8-11-18(12-9-15)27-17-4-2-1-3-5-17/h1-5,8-14H,(H,23,24)(H,25,26). The van der Waals surface area contributed by atoms with Crippen molar-refractivity contribution in [2.75, 3.05) is 0 Å². The molecule has 0 saturated heterocycles. The van der Waals surface area contributed by atoms with Crippen molar-refractivity contribution in [1.29, 1.82) is 0 Å². The average Bonchev–Trinajstić information content (AvgIpc) is 2.68. The number of para-hydroxylation sites is 1. The van der Waals surface area contributed by atoms with Crippen molar-refractivity contribution in [3.63, 3.8) is 0 Å². The van der Waals surface area contributed by atoms with Crippen LogP contribution in [-0.4, -0.2) is 22.2 Å². The minimum absolute atomic E-state index is 0.268. The molecule has 0 aliphatic heterocycles. The van der Waals surface area contributed by atoms with Gasteiger partial charge in [0.2, 0.25) is 0 Å². The van der Waals surface area contributed by atoms with Gasteiger partial charge in [0.1, 0.15) is 11.5 Å². The highest BCUT2D eigenvalue weighted by Gasteiger charge is 2.15. The molecule has 0 unspecified atom stereocenters. The minimum atomic E-state index is -1.31. The second kappa shape index (κ2) is 7.89. The van der Waals surface area contributed by atoms with E-state index in [1.807, 2.05) is 30.3 Å². The molecule has 5 nitrogen and oxygen atoms in total. The van der Waals surface area contributed by atoms with Gasteiger partial charge in [-0.05, 0) is 54.6 Å². The largest absolute Gasteiger partial charge is 0.478 e. The third-order valence-corrected chi connectivity index (χ3v) is 3.66. The molecule has 0 bridgehead atoms. The van der Waals surface area contributed by atoms with Crippen LogP contribution in [0.15, 0.2) is 72.8 Å². The molecule has 0 aliphatic carbocycles. The summed E-state index contributed by atoms with van der Waals surface area (Å²) in [6.45, 7) is 0. The molecule has 0 spiro atoms. The molecule has 0 fully saturated rings. The van der Waals surface area contributed by atoms with Gasteiger partial charge in [-0.2, -0.15) is 0 Å². The van der Waals surface area contributed by atoms with Gasteiger partial charge < -0.3 is 14.9 Å². The van der Waals surface area contributed by atoms with Gasteiger partial charge in [0.05, 0.1) is 11.1 Å². The predicted molar refractivity (Wildman–Crippen MR) is 99.3 cm³/mol. The maximum absolute atomic E-state index is 11.2. The molecule has 27 heavy (non-hydrogen) atoms. The molecule has 3 aromatic rings. The average molecular weight is 358 g/mol. The van der Waals surface area contributed by atoms with E-state index in [2.05, 4.69) is 11.8 Å². The van der Waals surface area contributed by atoms with Gasteiger partial charge in [-0.1, -0.05) is 30.0 Å². The van der Waals surface area contributed by atoms with Crippen LogP contribution in [0.5, 0.6) is 11.5 Å². The lowest BCUT2D eigenvalue weighted by molar-refractivity contribution is 0.0651. The Hall–Kier alpha value is -4.04. The Balaban J connectivity index is 1.78. The van der Waals surface area contributed by atoms with E-state index in [0.29, 0.717) is 11.3 Å². The fourth-order valence-electron chi connectivity index (χ4n) is 2.36. The fourth-order valence-corrected chi connectivity index (χ4v) is 2.36. The Morgan fingerprint density at radius 1 is 0.667 bits per heavy atom. The van der Waals surface area contributed by atoms with Crippen LogP contribution in [0.4, 0.5) is 0 Å². The van der Waals surface area contributed by atoms with Crippen LogP contribution < -0.4 is 4.74 Å². The smallest absolute Gasteiger partial charge is 0.336 e. The van der Waals surface area contributed by atoms with E-state index in [1.54, 1.807) is 24.3 Å². The molecule has 3 aromatic carbocycles. The molecule has 0 atom stereocenters. The summed E-state index contributed by atoms with van der Waals surface area (Å²) >= 11 is 0. The molecule has 2 N–H and O–H groups in total. The van der Waals surface area contributed by atoms with E-state index in [9.17, 15) is 9.59 Å². The number of aromatic carboxylic acids is 2. The molecule has 0 aromatic heterocycles. The molecular weight excluding hydrogens is 344 g/mol. The zero-order valence-electron chi connectivity index (χ0n) is 14.0. The van der Waals surface area contributed by atoms with Crippen molar-refractivity contribution < 1.29 is 24.5 Å². The Bertz CT molecular complexity index is 1040. The summed E-state index contributed by atoms with van der Waals surface area (Å²) in [5, 5.41) is 18.2. The van der Waals surface area contributed by atoms with Crippen LogP contribution in [0.1, 0.15) is 31.8 Å².